The summed E-state index contributed by atoms with van der Waals surface area (Å²) in [5.74, 6) is -1.80. The van der Waals surface area contributed by atoms with Gasteiger partial charge in [0, 0.05) is 11.6 Å². The molecule has 0 aliphatic carbocycles. The summed E-state index contributed by atoms with van der Waals surface area (Å²) in [4.78, 5) is 8.52. The highest BCUT2D eigenvalue weighted by Crippen LogP contribution is 2.36. The van der Waals surface area contributed by atoms with Crippen molar-refractivity contribution in [3.8, 4) is 23.0 Å². The maximum absolute atomic E-state index is 14.1. The molecule has 8 nitrogen and oxygen atoms in total. The summed E-state index contributed by atoms with van der Waals surface area (Å²) in [6, 6.07) is 8.81. The van der Waals surface area contributed by atoms with Gasteiger partial charge >= 0.3 is 6.01 Å². The Kier molecular flexibility index (Phi) is 6.17. The van der Waals surface area contributed by atoms with E-state index >= 15 is 0 Å². The molecule has 4 rings (SSSR count). The van der Waals surface area contributed by atoms with Gasteiger partial charge in [-0.15, -0.1) is 0 Å². The molecule has 4 aromatic rings. The van der Waals surface area contributed by atoms with E-state index in [-0.39, 0.29) is 23.2 Å². The third-order valence-electron chi connectivity index (χ3n) is 4.72. The number of halogens is 3. The first-order valence-corrected chi connectivity index (χ1v) is 9.94. The quantitative estimate of drug-likeness (QED) is 0.330. The van der Waals surface area contributed by atoms with Gasteiger partial charge in [-0.05, 0) is 25.1 Å². The Bertz CT molecular complexity index is 1270. The average molecular weight is 462 g/mol. The SMILES string of the molecule is C[C@@H](O)[C@H](CO)Nc1nc(Oc2ccc(F)cc2F)nc2[nH]nc(-c3ccccc3Cl)c12. The number of anilines is 1. The molecule has 0 aliphatic rings. The summed E-state index contributed by atoms with van der Waals surface area (Å²) in [7, 11) is 0. The van der Waals surface area contributed by atoms with Crippen LogP contribution in [0, 0.1) is 11.6 Å². The van der Waals surface area contributed by atoms with Gasteiger partial charge in [0.15, 0.2) is 17.2 Å². The number of aromatic amines is 1. The van der Waals surface area contributed by atoms with E-state index in [9.17, 15) is 19.0 Å². The number of hydrogen-bond acceptors (Lipinski definition) is 7. The molecule has 0 radical (unpaired) electrons. The molecule has 2 aromatic heterocycles. The maximum Gasteiger partial charge on any atom is 0.326 e. The zero-order valence-corrected chi connectivity index (χ0v) is 17.4. The zero-order chi connectivity index (χ0) is 22.8. The van der Waals surface area contributed by atoms with Gasteiger partial charge in [-0.3, -0.25) is 5.10 Å². The molecule has 0 saturated carbocycles. The topological polar surface area (TPSA) is 116 Å². The highest BCUT2D eigenvalue weighted by atomic mass is 35.5. The lowest BCUT2D eigenvalue weighted by Crippen LogP contribution is -2.35. The number of H-pyrrole nitrogens is 1. The Morgan fingerprint density at radius 3 is 2.66 bits per heavy atom. The normalized spacial score (nSPS) is 13.2. The molecular formula is C21H18ClF2N5O3. The fourth-order valence-electron chi connectivity index (χ4n) is 3.06. The molecule has 0 spiro atoms. The smallest absolute Gasteiger partial charge is 0.326 e. The Balaban J connectivity index is 1.85. The van der Waals surface area contributed by atoms with Crippen LogP contribution in [0.15, 0.2) is 42.5 Å². The van der Waals surface area contributed by atoms with Crippen LogP contribution in [0.3, 0.4) is 0 Å². The van der Waals surface area contributed by atoms with E-state index in [1.807, 2.05) is 0 Å². The summed E-state index contributed by atoms with van der Waals surface area (Å²) < 4.78 is 32.7. The predicted molar refractivity (Wildman–Crippen MR) is 115 cm³/mol. The maximum atomic E-state index is 14.1. The number of nitrogens with one attached hydrogen (secondary N) is 2. The third-order valence-corrected chi connectivity index (χ3v) is 5.05. The lowest BCUT2D eigenvalue weighted by Gasteiger charge is -2.20. The second-order valence-electron chi connectivity index (χ2n) is 6.98. The van der Waals surface area contributed by atoms with Crippen LogP contribution >= 0.6 is 11.6 Å². The predicted octanol–water partition coefficient (Wildman–Crippen LogP) is 3.90. The molecule has 2 aromatic carbocycles. The zero-order valence-electron chi connectivity index (χ0n) is 16.7. The van der Waals surface area contributed by atoms with Crippen LogP contribution in [0.25, 0.3) is 22.3 Å². The van der Waals surface area contributed by atoms with Crippen LogP contribution in [-0.2, 0) is 0 Å². The van der Waals surface area contributed by atoms with Crippen molar-refractivity contribution >= 4 is 28.5 Å². The van der Waals surface area contributed by atoms with Crippen molar-refractivity contribution in [2.24, 2.45) is 0 Å². The van der Waals surface area contributed by atoms with Gasteiger partial charge in [-0.2, -0.15) is 15.1 Å². The Hall–Kier alpha value is -3.34. The molecule has 0 fully saturated rings. The lowest BCUT2D eigenvalue weighted by atomic mass is 10.1. The van der Waals surface area contributed by atoms with Crippen molar-refractivity contribution in [1.29, 1.82) is 0 Å². The number of aliphatic hydroxyl groups excluding tert-OH is 2. The molecule has 0 saturated heterocycles. The first-order valence-electron chi connectivity index (χ1n) is 9.56. The second-order valence-corrected chi connectivity index (χ2v) is 7.39. The van der Waals surface area contributed by atoms with E-state index in [2.05, 4.69) is 25.5 Å². The Labute approximate surface area is 185 Å². The third kappa shape index (κ3) is 4.33. The summed E-state index contributed by atoms with van der Waals surface area (Å²) in [6.45, 7) is 1.10. The van der Waals surface area contributed by atoms with Crippen molar-refractivity contribution in [2.45, 2.75) is 19.1 Å². The molecule has 0 bridgehead atoms. The van der Waals surface area contributed by atoms with Crippen molar-refractivity contribution in [3.63, 3.8) is 0 Å². The number of ether oxygens (including phenoxy) is 1. The van der Waals surface area contributed by atoms with Gasteiger partial charge in [0.05, 0.1) is 29.2 Å². The van der Waals surface area contributed by atoms with Crippen LogP contribution in [0.1, 0.15) is 6.92 Å². The number of nitrogens with zero attached hydrogens (tertiary/aromatic N) is 3. The number of aliphatic hydroxyl groups is 2. The molecule has 11 heteroatoms. The van der Waals surface area contributed by atoms with Crippen LogP contribution in [0.2, 0.25) is 5.02 Å². The second kappa shape index (κ2) is 9.03. The number of benzene rings is 2. The molecule has 0 aliphatic heterocycles. The number of rotatable bonds is 7. The first-order chi connectivity index (χ1) is 15.4. The molecule has 4 N–H and O–H groups in total. The van der Waals surface area contributed by atoms with Crippen molar-refractivity contribution in [2.75, 3.05) is 11.9 Å². The molecule has 32 heavy (non-hydrogen) atoms. The van der Waals surface area contributed by atoms with Gasteiger partial charge in [0.1, 0.15) is 17.3 Å². The molecule has 2 heterocycles. The molecule has 166 valence electrons. The highest BCUT2D eigenvalue weighted by molar-refractivity contribution is 6.33. The minimum Gasteiger partial charge on any atom is -0.421 e. The van der Waals surface area contributed by atoms with Crippen LogP contribution in [0.4, 0.5) is 14.6 Å². The molecule has 0 amide bonds. The molecule has 2 atom stereocenters. The van der Waals surface area contributed by atoms with Crippen molar-refractivity contribution in [3.05, 3.63) is 59.1 Å². The first kappa shape index (κ1) is 21.9. The van der Waals surface area contributed by atoms with Gasteiger partial charge in [0.2, 0.25) is 0 Å². The van der Waals surface area contributed by atoms with E-state index in [4.69, 9.17) is 16.3 Å². The number of aromatic nitrogens is 4. The standard InChI is InChI=1S/C21H18ClF2N5O3/c1-10(31)15(9-30)25-19-17-18(12-4-2-3-5-13(12)22)28-29-20(17)27-21(26-19)32-16-7-6-11(23)8-14(16)24/h2-8,10,15,30-31H,9H2,1H3,(H2,25,26,27,28,29)/t10-,15+/m1/s1. The average Bonchev–Trinajstić information content (AvgIpc) is 3.18. The van der Waals surface area contributed by atoms with Gasteiger partial charge < -0.3 is 20.3 Å². The monoisotopic (exact) mass is 461 g/mol. The lowest BCUT2D eigenvalue weighted by molar-refractivity contribution is 0.132. The van der Waals surface area contributed by atoms with E-state index < -0.39 is 30.4 Å². The van der Waals surface area contributed by atoms with E-state index in [0.717, 1.165) is 12.1 Å². The van der Waals surface area contributed by atoms with Gasteiger partial charge in [0.25, 0.3) is 0 Å². The van der Waals surface area contributed by atoms with Crippen LogP contribution in [-0.4, -0.2) is 49.1 Å². The van der Waals surface area contributed by atoms with E-state index in [1.165, 1.54) is 6.92 Å². The fraction of sp³-hybridized carbons (Fsp3) is 0.190. The van der Waals surface area contributed by atoms with Crippen LogP contribution in [0.5, 0.6) is 11.8 Å². The minimum atomic E-state index is -0.931. The van der Waals surface area contributed by atoms with Gasteiger partial charge in [-0.1, -0.05) is 29.8 Å². The molecular weight excluding hydrogens is 444 g/mol. The number of hydrogen-bond donors (Lipinski definition) is 4. The summed E-state index contributed by atoms with van der Waals surface area (Å²) >= 11 is 6.33. The minimum absolute atomic E-state index is 0.163. The summed E-state index contributed by atoms with van der Waals surface area (Å²) in [5, 5.41) is 30.5. The van der Waals surface area contributed by atoms with Gasteiger partial charge in [-0.25, -0.2) is 8.78 Å². The number of fused-ring (bicyclic) bond motifs is 1. The van der Waals surface area contributed by atoms with E-state index in [1.54, 1.807) is 24.3 Å². The largest absolute Gasteiger partial charge is 0.421 e. The fourth-order valence-corrected chi connectivity index (χ4v) is 3.28. The van der Waals surface area contributed by atoms with Crippen molar-refractivity contribution < 1.29 is 23.7 Å². The highest BCUT2D eigenvalue weighted by Gasteiger charge is 2.23. The Morgan fingerprint density at radius 2 is 1.97 bits per heavy atom. The Morgan fingerprint density at radius 1 is 1.19 bits per heavy atom. The molecule has 0 unspecified atom stereocenters. The summed E-state index contributed by atoms with van der Waals surface area (Å²) in [5.41, 5.74) is 1.26. The van der Waals surface area contributed by atoms with Crippen LogP contribution < -0.4 is 10.1 Å². The van der Waals surface area contributed by atoms with E-state index in [0.29, 0.717) is 27.7 Å². The van der Waals surface area contributed by atoms with Crippen molar-refractivity contribution in [1.82, 2.24) is 20.2 Å². The summed E-state index contributed by atoms with van der Waals surface area (Å²) in [6.07, 6.45) is -0.931.